The van der Waals surface area contributed by atoms with Crippen LogP contribution in [0.4, 0.5) is 5.69 Å². The summed E-state index contributed by atoms with van der Waals surface area (Å²) in [4.78, 5) is 67.0. The Labute approximate surface area is 260 Å². The van der Waals surface area contributed by atoms with Crippen molar-refractivity contribution in [1.82, 2.24) is 10.0 Å². The van der Waals surface area contributed by atoms with Gasteiger partial charge in [-0.05, 0) is 52.6 Å². The molecule has 4 aromatic rings. The molecule has 0 radical (unpaired) electrons. The summed E-state index contributed by atoms with van der Waals surface area (Å²) in [6, 6.07) is 24.4. The maximum Gasteiger partial charge on any atom is 0.273 e. The zero-order valence-electron chi connectivity index (χ0n) is 22.7. The van der Waals surface area contributed by atoms with Crippen LogP contribution in [-0.4, -0.2) is 45.0 Å². The molecule has 0 N–H and O–H groups in total. The zero-order chi connectivity index (χ0) is 30.9. The van der Waals surface area contributed by atoms with Crippen LogP contribution in [0, 0.1) is 22.0 Å². The molecule has 0 spiro atoms. The van der Waals surface area contributed by atoms with Gasteiger partial charge < -0.3 is 0 Å². The highest BCUT2D eigenvalue weighted by Gasteiger charge is 2.63. The van der Waals surface area contributed by atoms with Gasteiger partial charge in [-0.2, -0.15) is 5.01 Å². The number of nitro groups is 1. The lowest BCUT2D eigenvalue weighted by molar-refractivity contribution is -0.384. The van der Waals surface area contributed by atoms with Crippen molar-refractivity contribution < 1.29 is 24.1 Å². The molecule has 4 aromatic carbocycles. The Morgan fingerprint density at radius 3 is 1.73 bits per heavy atom. The van der Waals surface area contributed by atoms with Crippen LogP contribution in [0.25, 0.3) is 0 Å². The second kappa shape index (κ2) is 10.4. The minimum Gasteiger partial charge on any atom is -0.292 e. The SMILES string of the molecule is O=C(CN(C(=O)c1ccc([N+](=O)[O-])cc1)N1C(=O)[C@H]2C3c4ccccc4C(c4ccccc43)[C@@H]2C1=O)c1ccc(Cl)cc1Cl. The van der Waals surface area contributed by atoms with E-state index in [2.05, 4.69) is 0 Å². The predicted octanol–water partition coefficient (Wildman–Crippen LogP) is 6.03. The first kappa shape index (κ1) is 27.9. The highest BCUT2D eigenvalue weighted by molar-refractivity contribution is 6.37. The van der Waals surface area contributed by atoms with Crippen molar-refractivity contribution in [2.75, 3.05) is 6.54 Å². The Morgan fingerprint density at radius 1 is 0.773 bits per heavy atom. The van der Waals surface area contributed by atoms with E-state index in [0.29, 0.717) is 5.02 Å². The molecule has 11 heteroatoms. The van der Waals surface area contributed by atoms with Crippen LogP contribution in [0.5, 0.6) is 0 Å². The van der Waals surface area contributed by atoms with Crippen molar-refractivity contribution in [3.8, 4) is 0 Å². The third-order valence-electron chi connectivity index (χ3n) is 8.75. The van der Waals surface area contributed by atoms with E-state index in [4.69, 9.17) is 23.2 Å². The number of nitro benzene ring substituents is 1. The third-order valence-corrected chi connectivity index (χ3v) is 9.30. The van der Waals surface area contributed by atoms with Gasteiger partial charge in [0.05, 0.1) is 21.8 Å². The quantitative estimate of drug-likeness (QED) is 0.112. The second-order valence-corrected chi connectivity index (χ2v) is 11.8. The number of rotatable bonds is 6. The van der Waals surface area contributed by atoms with Crippen molar-refractivity contribution in [2.24, 2.45) is 11.8 Å². The van der Waals surface area contributed by atoms with E-state index in [1.54, 1.807) is 0 Å². The van der Waals surface area contributed by atoms with Crippen LogP contribution in [0.3, 0.4) is 0 Å². The lowest BCUT2D eigenvalue weighted by Crippen LogP contribution is -2.52. The first-order chi connectivity index (χ1) is 21.2. The van der Waals surface area contributed by atoms with E-state index < -0.39 is 58.6 Å². The largest absolute Gasteiger partial charge is 0.292 e. The summed E-state index contributed by atoms with van der Waals surface area (Å²) in [5, 5.41) is 13.2. The molecule has 44 heavy (non-hydrogen) atoms. The van der Waals surface area contributed by atoms with Crippen LogP contribution in [0.15, 0.2) is 91.0 Å². The Morgan fingerprint density at radius 2 is 1.27 bits per heavy atom. The van der Waals surface area contributed by atoms with Gasteiger partial charge in [-0.25, -0.2) is 5.01 Å². The molecule has 1 saturated heterocycles. The Kier molecular flexibility index (Phi) is 6.60. The highest BCUT2D eigenvalue weighted by atomic mass is 35.5. The van der Waals surface area contributed by atoms with Crippen molar-refractivity contribution in [3.63, 3.8) is 0 Å². The number of amides is 3. The monoisotopic (exact) mass is 625 g/mol. The van der Waals surface area contributed by atoms with Gasteiger partial charge in [-0.3, -0.25) is 29.3 Å². The number of hydrazine groups is 1. The van der Waals surface area contributed by atoms with Gasteiger partial charge in [0.1, 0.15) is 6.54 Å². The van der Waals surface area contributed by atoms with Gasteiger partial charge in [-0.1, -0.05) is 71.7 Å². The van der Waals surface area contributed by atoms with Crippen LogP contribution >= 0.6 is 23.2 Å². The number of non-ortho nitro benzene ring substituents is 1. The average molecular weight is 626 g/mol. The molecule has 0 aromatic heterocycles. The number of benzene rings is 4. The maximum atomic E-state index is 14.4. The molecule has 2 atom stereocenters. The second-order valence-electron chi connectivity index (χ2n) is 11.0. The summed E-state index contributed by atoms with van der Waals surface area (Å²) < 4.78 is 0. The van der Waals surface area contributed by atoms with Crippen molar-refractivity contribution >= 4 is 52.4 Å². The van der Waals surface area contributed by atoms with Gasteiger partial charge in [0.2, 0.25) is 0 Å². The number of Topliss-reactive ketones (excluding diaryl/α,β-unsaturated/α-hetero) is 1. The third kappa shape index (κ3) is 4.15. The van der Waals surface area contributed by atoms with E-state index in [1.165, 1.54) is 30.3 Å². The van der Waals surface area contributed by atoms with Crippen LogP contribution < -0.4 is 0 Å². The fourth-order valence-corrected chi connectivity index (χ4v) is 7.46. The highest BCUT2D eigenvalue weighted by Crippen LogP contribution is 2.61. The first-order valence-electron chi connectivity index (χ1n) is 13.8. The number of hydrogen-bond donors (Lipinski definition) is 0. The lowest BCUT2D eigenvalue weighted by Gasteiger charge is -2.45. The van der Waals surface area contributed by atoms with Gasteiger partial charge in [-0.15, -0.1) is 0 Å². The minimum atomic E-state index is -0.846. The fraction of sp³-hybridized carbons (Fsp3) is 0.152. The smallest absolute Gasteiger partial charge is 0.273 e. The molecule has 0 unspecified atom stereocenters. The van der Waals surface area contributed by atoms with Crippen molar-refractivity contribution in [1.29, 1.82) is 0 Å². The van der Waals surface area contributed by atoms with Gasteiger partial charge in [0.15, 0.2) is 5.78 Å². The molecule has 8 rings (SSSR count). The molecule has 3 amide bonds. The van der Waals surface area contributed by atoms with Crippen molar-refractivity contribution in [2.45, 2.75) is 11.8 Å². The number of hydrogen-bond acceptors (Lipinski definition) is 6. The average Bonchev–Trinajstić information content (AvgIpc) is 3.29. The summed E-state index contributed by atoms with van der Waals surface area (Å²) in [6.07, 6.45) is 0. The normalized spacial score (nSPS) is 21.0. The number of imide groups is 1. The Bertz CT molecular complexity index is 1810. The lowest BCUT2D eigenvalue weighted by atomic mass is 9.55. The molecule has 1 heterocycles. The number of nitrogens with zero attached hydrogens (tertiary/aromatic N) is 3. The topological polar surface area (TPSA) is 118 Å². The summed E-state index contributed by atoms with van der Waals surface area (Å²) in [7, 11) is 0. The molecule has 218 valence electrons. The van der Waals surface area contributed by atoms with Crippen LogP contribution in [0.1, 0.15) is 54.8 Å². The van der Waals surface area contributed by atoms with Gasteiger partial charge >= 0.3 is 0 Å². The summed E-state index contributed by atoms with van der Waals surface area (Å²) in [5.74, 6) is -5.09. The van der Waals surface area contributed by atoms with Crippen LogP contribution in [-0.2, 0) is 9.59 Å². The van der Waals surface area contributed by atoms with E-state index >= 15 is 0 Å². The molecular weight excluding hydrogens is 605 g/mol. The summed E-state index contributed by atoms with van der Waals surface area (Å²) >= 11 is 12.3. The number of carbonyl (C=O) groups is 4. The van der Waals surface area contributed by atoms with E-state index in [-0.39, 0.29) is 21.8 Å². The van der Waals surface area contributed by atoms with Gasteiger partial charge in [0, 0.05) is 40.1 Å². The summed E-state index contributed by atoms with van der Waals surface area (Å²) in [5.41, 5.74) is 3.58. The fourth-order valence-electron chi connectivity index (χ4n) is 6.94. The van der Waals surface area contributed by atoms with E-state index in [9.17, 15) is 29.3 Å². The number of carbonyl (C=O) groups excluding carboxylic acids is 4. The molecule has 2 bridgehead atoms. The Hall–Kier alpha value is -4.86. The molecule has 1 aliphatic heterocycles. The molecule has 9 nitrogen and oxygen atoms in total. The summed E-state index contributed by atoms with van der Waals surface area (Å²) in [6.45, 7) is -0.691. The number of halogens is 2. The van der Waals surface area contributed by atoms with Crippen LogP contribution in [0.2, 0.25) is 10.0 Å². The molecule has 4 aliphatic rings. The first-order valence-corrected chi connectivity index (χ1v) is 14.5. The molecule has 1 fully saturated rings. The standard InChI is InChI=1S/C33H21Cl2N3O6/c34-18-11-14-24(25(35)15-18)26(39)16-36(31(40)17-9-12-19(13-10-17)38(43)44)37-32(41)29-27-20-5-1-2-6-21(20)28(30(29)33(37)42)23-8-4-3-7-22(23)27/h1-15,27-30H,16H2/t27?,28?,29-,30-/m0/s1. The molecular formula is C33H21Cl2N3O6. The zero-order valence-corrected chi connectivity index (χ0v) is 24.2. The molecule has 3 aliphatic carbocycles. The predicted molar refractivity (Wildman–Crippen MR) is 160 cm³/mol. The minimum absolute atomic E-state index is 0.0434. The van der Waals surface area contributed by atoms with Crippen molar-refractivity contribution in [3.05, 3.63) is 145 Å². The Balaban J connectivity index is 1.33. The molecule has 0 saturated carbocycles. The number of ketones is 1. The van der Waals surface area contributed by atoms with E-state index in [0.717, 1.165) is 44.4 Å². The van der Waals surface area contributed by atoms with Gasteiger partial charge in [0.25, 0.3) is 23.4 Å². The van der Waals surface area contributed by atoms with E-state index in [1.807, 2.05) is 48.5 Å². The maximum absolute atomic E-state index is 14.4.